The van der Waals surface area contributed by atoms with Gasteiger partial charge in [0.05, 0.1) is 6.10 Å². The van der Waals surface area contributed by atoms with Gasteiger partial charge in [-0.3, -0.25) is 9.69 Å². The lowest BCUT2D eigenvalue weighted by atomic mass is 10.2. The Kier molecular flexibility index (Phi) is 6.02. The summed E-state index contributed by atoms with van der Waals surface area (Å²) in [5.41, 5.74) is 0. The Morgan fingerprint density at radius 1 is 1.32 bits per heavy atom. The van der Waals surface area contributed by atoms with Crippen molar-refractivity contribution in [1.82, 2.24) is 9.80 Å². The first-order chi connectivity index (χ1) is 8.78. The highest BCUT2D eigenvalue weighted by atomic mass is 19.4. The van der Waals surface area contributed by atoms with Crippen LogP contribution >= 0.6 is 0 Å². The molecule has 5 nitrogen and oxygen atoms in total. The molecule has 1 fully saturated rings. The van der Waals surface area contributed by atoms with Crippen molar-refractivity contribution in [2.24, 2.45) is 0 Å². The first-order valence-corrected chi connectivity index (χ1v) is 6.10. The molecule has 0 radical (unpaired) electrons. The summed E-state index contributed by atoms with van der Waals surface area (Å²) in [6.07, 6.45) is -4.84. The van der Waals surface area contributed by atoms with Crippen LogP contribution in [-0.2, 0) is 9.53 Å². The van der Waals surface area contributed by atoms with Crippen LogP contribution in [0.25, 0.3) is 0 Å². The number of halogens is 3. The van der Waals surface area contributed by atoms with E-state index in [0.29, 0.717) is 32.7 Å². The van der Waals surface area contributed by atoms with Gasteiger partial charge in [-0.15, -0.1) is 0 Å². The van der Waals surface area contributed by atoms with E-state index in [2.05, 4.69) is 4.74 Å². The van der Waals surface area contributed by atoms with Crippen LogP contribution < -0.4 is 0 Å². The minimum atomic E-state index is -4.41. The zero-order valence-corrected chi connectivity index (χ0v) is 10.8. The van der Waals surface area contributed by atoms with Crippen molar-refractivity contribution in [1.29, 1.82) is 0 Å². The highest BCUT2D eigenvalue weighted by Crippen LogP contribution is 2.14. The average molecular weight is 284 g/mol. The van der Waals surface area contributed by atoms with Crippen LogP contribution in [0.2, 0.25) is 0 Å². The standard InChI is InChI=1S/C11H19F3N2O3/c1-9(17)6-15-2-4-16(5-3-15)10(18)7-19-8-11(12,13)14/h9,17H,2-8H2,1H3. The number of hydrogen-bond acceptors (Lipinski definition) is 4. The summed E-state index contributed by atoms with van der Waals surface area (Å²) < 4.78 is 39.9. The molecule has 0 saturated carbocycles. The third-order valence-electron chi connectivity index (χ3n) is 2.74. The van der Waals surface area contributed by atoms with E-state index in [1.54, 1.807) is 6.92 Å². The number of hydrogen-bond donors (Lipinski definition) is 1. The number of aliphatic hydroxyl groups is 1. The van der Waals surface area contributed by atoms with E-state index >= 15 is 0 Å². The number of piperazine rings is 1. The molecule has 1 aliphatic rings. The summed E-state index contributed by atoms with van der Waals surface area (Å²) in [7, 11) is 0. The lowest BCUT2D eigenvalue weighted by molar-refractivity contribution is -0.178. The second-order valence-electron chi connectivity index (χ2n) is 4.64. The molecule has 112 valence electrons. The maximum atomic E-state index is 11.8. The van der Waals surface area contributed by atoms with Gasteiger partial charge < -0.3 is 14.7 Å². The number of aliphatic hydroxyl groups excluding tert-OH is 1. The number of amides is 1. The summed E-state index contributed by atoms with van der Waals surface area (Å²) in [5.74, 6) is -0.430. The van der Waals surface area contributed by atoms with E-state index in [1.165, 1.54) is 4.90 Å². The van der Waals surface area contributed by atoms with Gasteiger partial charge in [-0.25, -0.2) is 0 Å². The lowest BCUT2D eigenvalue weighted by Gasteiger charge is -2.35. The molecule has 1 heterocycles. The molecule has 19 heavy (non-hydrogen) atoms. The molecule has 8 heteroatoms. The van der Waals surface area contributed by atoms with E-state index in [0.717, 1.165) is 0 Å². The topological polar surface area (TPSA) is 53.0 Å². The van der Waals surface area contributed by atoms with Gasteiger partial charge in [-0.05, 0) is 6.92 Å². The van der Waals surface area contributed by atoms with Gasteiger partial charge in [0.25, 0.3) is 0 Å². The molecule has 1 unspecified atom stereocenters. The van der Waals surface area contributed by atoms with Crippen LogP contribution in [0.5, 0.6) is 0 Å². The molecule has 1 saturated heterocycles. The van der Waals surface area contributed by atoms with E-state index in [4.69, 9.17) is 0 Å². The predicted octanol–water partition coefficient (Wildman–Crippen LogP) is 0.0903. The lowest BCUT2D eigenvalue weighted by Crippen LogP contribution is -2.51. The van der Waals surface area contributed by atoms with Crippen LogP contribution in [0.15, 0.2) is 0 Å². The van der Waals surface area contributed by atoms with Crippen LogP contribution in [0.1, 0.15) is 6.92 Å². The SMILES string of the molecule is CC(O)CN1CCN(C(=O)COCC(F)(F)F)CC1. The normalized spacial score (nSPS) is 19.5. The molecule has 0 bridgehead atoms. The number of ether oxygens (including phenoxy) is 1. The largest absolute Gasteiger partial charge is 0.411 e. The Hall–Kier alpha value is -0.860. The number of β-amino-alcohol motifs (C(OH)–C–C–N with tert-alkyl or cyclic N) is 1. The fraction of sp³-hybridized carbons (Fsp3) is 0.909. The Morgan fingerprint density at radius 2 is 1.89 bits per heavy atom. The highest BCUT2D eigenvalue weighted by molar-refractivity contribution is 5.77. The first kappa shape index (κ1) is 16.2. The molecular formula is C11H19F3N2O3. The van der Waals surface area contributed by atoms with Gasteiger partial charge in [0.2, 0.25) is 5.91 Å². The van der Waals surface area contributed by atoms with Crippen molar-refractivity contribution in [3.8, 4) is 0 Å². The summed E-state index contributed by atoms with van der Waals surface area (Å²) in [6.45, 7) is 2.37. The van der Waals surface area contributed by atoms with E-state index in [1.807, 2.05) is 4.90 Å². The molecule has 0 aromatic carbocycles. The van der Waals surface area contributed by atoms with Gasteiger partial charge in [0.15, 0.2) is 0 Å². The summed E-state index contributed by atoms with van der Waals surface area (Å²) in [6, 6.07) is 0. The zero-order valence-electron chi connectivity index (χ0n) is 10.8. The van der Waals surface area contributed by atoms with E-state index in [-0.39, 0.29) is 0 Å². The van der Waals surface area contributed by atoms with E-state index in [9.17, 15) is 23.1 Å². The second kappa shape index (κ2) is 7.06. The van der Waals surface area contributed by atoms with Crippen molar-refractivity contribution in [3.63, 3.8) is 0 Å². The van der Waals surface area contributed by atoms with Crippen molar-refractivity contribution in [3.05, 3.63) is 0 Å². The Bertz CT molecular complexity index is 289. The predicted molar refractivity (Wildman–Crippen MR) is 61.6 cm³/mol. The smallest absolute Gasteiger partial charge is 0.392 e. The minimum Gasteiger partial charge on any atom is -0.392 e. The molecule has 0 aromatic rings. The van der Waals surface area contributed by atoms with Gasteiger partial charge in [0, 0.05) is 32.7 Å². The van der Waals surface area contributed by atoms with Crippen molar-refractivity contribution in [2.75, 3.05) is 45.9 Å². The van der Waals surface area contributed by atoms with Gasteiger partial charge in [-0.1, -0.05) is 0 Å². The maximum Gasteiger partial charge on any atom is 0.411 e. The van der Waals surface area contributed by atoms with Crippen molar-refractivity contribution >= 4 is 5.91 Å². The Labute approximate surface area is 109 Å². The van der Waals surface area contributed by atoms with Crippen LogP contribution in [-0.4, -0.2) is 79.0 Å². The molecule has 0 aromatic heterocycles. The fourth-order valence-electron chi connectivity index (χ4n) is 1.90. The summed E-state index contributed by atoms with van der Waals surface area (Å²) >= 11 is 0. The molecular weight excluding hydrogens is 265 g/mol. The third-order valence-corrected chi connectivity index (χ3v) is 2.74. The van der Waals surface area contributed by atoms with Crippen molar-refractivity contribution in [2.45, 2.75) is 19.2 Å². The van der Waals surface area contributed by atoms with E-state index < -0.39 is 31.4 Å². The number of rotatable bonds is 5. The zero-order chi connectivity index (χ0) is 14.5. The number of nitrogens with zero attached hydrogens (tertiary/aromatic N) is 2. The Morgan fingerprint density at radius 3 is 2.37 bits per heavy atom. The summed E-state index contributed by atoms with van der Waals surface area (Å²) in [5, 5.41) is 9.22. The highest BCUT2D eigenvalue weighted by Gasteiger charge is 2.28. The quantitative estimate of drug-likeness (QED) is 0.777. The van der Waals surface area contributed by atoms with Crippen LogP contribution in [0.3, 0.4) is 0 Å². The molecule has 1 N–H and O–H groups in total. The van der Waals surface area contributed by atoms with Gasteiger partial charge >= 0.3 is 6.18 Å². The Balaban J connectivity index is 2.22. The minimum absolute atomic E-state index is 0.430. The maximum absolute atomic E-state index is 11.8. The number of carbonyl (C=O) groups excluding carboxylic acids is 1. The van der Waals surface area contributed by atoms with Gasteiger partial charge in [0.1, 0.15) is 13.2 Å². The molecule has 1 rings (SSSR count). The number of carbonyl (C=O) groups is 1. The monoisotopic (exact) mass is 284 g/mol. The number of alkyl halides is 3. The fourth-order valence-corrected chi connectivity index (χ4v) is 1.90. The second-order valence-corrected chi connectivity index (χ2v) is 4.64. The molecule has 1 aliphatic heterocycles. The molecule has 1 atom stereocenters. The van der Waals surface area contributed by atoms with Crippen LogP contribution in [0.4, 0.5) is 13.2 Å². The molecule has 0 spiro atoms. The molecule has 1 amide bonds. The third kappa shape index (κ3) is 6.74. The summed E-state index contributed by atoms with van der Waals surface area (Å²) in [4.78, 5) is 15.1. The molecule has 0 aliphatic carbocycles. The first-order valence-electron chi connectivity index (χ1n) is 6.10. The average Bonchev–Trinajstić information content (AvgIpc) is 2.27. The van der Waals surface area contributed by atoms with Gasteiger partial charge in [-0.2, -0.15) is 13.2 Å². The van der Waals surface area contributed by atoms with Crippen molar-refractivity contribution < 1.29 is 27.8 Å². The van der Waals surface area contributed by atoms with Crippen LogP contribution in [0, 0.1) is 0 Å².